The number of nitrogens with two attached hydrogens (primary N) is 1. The van der Waals surface area contributed by atoms with Crippen molar-refractivity contribution >= 4 is 40.2 Å². The lowest BCUT2D eigenvalue weighted by Gasteiger charge is -2.14. The molecule has 102 valence electrons. The lowest BCUT2D eigenvalue weighted by Crippen LogP contribution is -2.08. The summed E-state index contributed by atoms with van der Waals surface area (Å²) in [4.78, 5) is 0. The molecule has 0 unspecified atom stereocenters. The molecule has 0 aliphatic heterocycles. The predicted octanol–water partition coefficient (Wildman–Crippen LogP) is 2.99. The van der Waals surface area contributed by atoms with Crippen molar-refractivity contribution in [2.45, 2.75) is 25.7 Å². The van der Waals surface area contributed by atoms with Gasteiger partial charge in [-0.2, -0.15) is 13.8 Å². The lowest BCUT2D eigenvalue weighted by atomic mass is 9.97. The molecule has 0 bridgehead atoms. The quantitative estimate of drug-likeness (QED) is 0.750. The average Bonchev–Trinajstić information content (AvgIpc) is 3.05. The zero-order chi connectivity index (χ0) is 13.7. The molecule has 1 aromatic carbocycles. The monoisotopic (exact) mass is 305 g/mol. The van der Waals surface area contributed by atoms with Crippen LogP contribution in [0.25, 0.3) is 16.7 Å². The van der Waals surface area contributed by atoms with Gasteiger partial charge in [0.1, 0.15) is 22.5 Å². The van der Waals surface area contributed by atoms with E-state index >= 15 is 0 Å². The molecular formula is C13H12ClN5S. The van der Waals surface area contributed by atoms with Gasteiger partial charge in [0.15, 0.2) is 0 Å². The van der Waals surface area contributed by atoms with Crippen LogP contribution in [0, 0.1) is 0 Å². The first-order valence-corrected chi connectivity index (χ1v) is 7.64. The number of hydrogen-bond acceptors (Lipinski definition) is 5. The highest BCUT2D eigenvalue weighted by Crippen LogP contribution is 2.33. The Kier molecular flexibility index (Phi) is 2.68. The molecule has 20 heavy (non-hydrogen) atoms. The molecule has 0 saturated heterocycles. The number of benzene rings is 1. The second kappa shape index (κ2) is 4.43. The summed E-state index contributed by atoms with van der Waals surface area (Å²) in [5.74, 6) is 0.607. The van der Waals surface area contributed by atoms with Gasteiger partial charge in [0, 0.05) is 11.3 Å². The van der Waals surface area contributed by atoms with Gasteiger partial charge in [-0.1, -0.05) is 11.6 Å². The highest BCUT2D eigenvalue weighted by molar-refractivity contribution is 7.00. The van der Waals surface area contributed by atoms with Crippen molar-refractivity contribution in [2.24, 2.45) is 0 Å². The minimum absolute atomic E-state index is 0.607. The molecule has 0 fully saturated rings. The van der Waals surface area contributed by atoms with Gasteiger partial charge in [0.05, 0.1) is 16.8 Å². The zero-order valence-corrected chi connectivity index (χ0v) is 12.2. The van der Waals surface area contributed by atoms with Crippen molar-refractivity contribution in [3.8, 4) is 5.69 Å². The van der Waals surface area contributed by atoms with Crippen LogP contribution < -0.4 is 5.73 Å². The Morgan fingerprint density at radius 2 is 2.05 bits per heavy atom. The molecule has 7 heteroatoms. The second-order valence-electron chi connectivity index (χ2n) is 4.96. The minimum Gasteiger partial charge on any atom is -0.382 e. The van der Waals surface area contributed by atoms with Gasteiger partial charge in [-0.05, 0) is 37.8 Å². The van der Waals surface area contributed by atoms with E-state index in [1.807, 2.05) is 16.8 Å². The van der Waals surface area contributed by atoms with Gasteiger partial charge in [0.25, 0.3) is 0 Å². The summed E-state index contributed by atoms with van der Waals surface area (Å²) in [6, 6.07) is 3.72. The SMILES string of the molecule is Nc1nn(-c2c(Cl)ccc3nsnc23)c2c1CCCC2. The molecule has 5 nitrogen and oxygen atoms in total. The van der Waals surface area contributed by atoms with E-state index in [1.165, 1.54) is 18.1 Å². The van der Waals surface area contributed by atoms with Crippen molar-refractivity contribution in [1.82, 2.24) is 18.5 Å². The topological polar surface area (TPSA) is 69.6 Å². The van der Waals surface area contributed by atoms with E-state index in [2.05, 4.69) is 13.8 Å². The van der Waals surface area contributed by atoms with Crippen LogP contribution >= 0.6 is 23.3 Å². The van der Waals surface area contributed by atoms with Crippen molar-refractivity contribution in [3.63, 3.8) is 0 Å². The average molecular weight is 306 g/mol. The number of anilines is 1. The number of nitrogens with zero attached hydrogens (tertiary/aromatic N) is 4. The summed E-state index contributed by atoms with van der Waals surface area (Å²) in [5, 5.41) is 5.13. The molecular weight excluding hydrogens is 294 g/mol. The predicted molar refractivity (Wildman–Crippen MR) is 80.6 cm³/mol. The molecule has 4 rings (SSSR count). The molecule has 3 aromatic rings. The fourth-order valence-electron chi connectivity index (χ4n) is 2.83. The van der Waals surface area contributed by atoms with E-state index < -0.39 is 0 Å². The molecule has 0 spiro atoms. The Morgan fingerprint density at radius 3 is 2.95 bits per heavy atom. The largest absolute Gasteiger partial charge is 0.382 e. The number of hydrogen-bond donors (Lipinski definition) is 1. The molecule has 2 N–H and O–H groups in total. The van der Waals surface area contributed by atoms with Gasteiger partial charge < -0.3 is 5.73 Å². The van der Waals surface area contributed by atoms with E-state index in [0.29, 0.717) is 10.8 Å². The van der Waals surface area contributed by atoms with E-state index in [-0.39, 0.29) is 0 Å². The van der Waals surface area contributed by atoms with Crippen LogP contribution in [-0.2, 0) is 12.8 Å². The van der Waals surface area contributed by atoms with Gasteiger partial charge >= 0.3 is 0 Å². The highest BCUT2D eigenvalue weighted by atomic mass is 35.5. The highest BCUT2D eigenvalue weighted by Gasteiger charge is 2.23. The summed E-state index contributed by atoms with van der Waals surface area (Å²) in [6.07, 6.45) is 4.29. The Balaban J connectivity index is 2.04. The van der Waals surface area contributed by atoms with Gasteiger partial charge in [-0.25, -0.2) is 4.68 Å². The first-order chi connectivity index (χ1) is 9.75. The summed E-state index contributed by atoms with van der Waals surface area (Å²) in [7, 11) is 0. The van der Waals surface area contributed by atoms with Crippen LogP contribution in [0.1, 0.15) is 24.1 Å². The third kappa shape index (κ3) is 1.65. The maximum absolute atomic E-state index is 6.38. The van der Waals surface area contributed by atoms with Crippen LogP contribution in [0.2, 0.25) is 5.02 Å². The zero-order valence-electron chi connectivity index (χ0n) is 10.6. The van der Waals surface area contributed by atoms with Crippen molar-refractivity contribution < 1.29 is 0 Å². The number of aromatic nitrogens is 4. The van der Waals surface area contributed by atoms with Crippen molar-refractivity contribution in [2.75, 3.05) is 5.73 Å². The van der Waals surface area contributed by atoms with Crippen LogP contribution in [0.5, 0.6) is 0 Å². The fourth-order valence-corrected chi connectivity index (χ4v) is 3.60. The normalized spacial score (nSPS) is 14.7. The number of rotatable bonds is 1. The summed E-state index contributed by atoms with van der Waals surface area (Å²) in [6.45, 7) is 0. The van der Waals surface area contributed by atoms with Crippen molar-refractivity contribution in [3.05, 3.63) is 28.4 Å². The van der Waals surface area contributed by atoms with E-state index in [9.17, 15) is 0 Å². The van der Waals surface area contributed by atoms with Gasteiger partial charge in [-0.3, -0.25) is 0 Å². The van der Waals surface area contributed by atoms with Gasteiger partial charge in [0.2, 0.25) is 0 Å². The van der Waals surface area contributed by atoms with Crippen LogP contribution in [-0.4, -0.2) is 18.5 Å². The number of halogens is 1. The maximum Gasteiger partial charge on any atom is 0.149 e. The second-order valence-corrected chi connectivity index (χ2v) is 5.89. The third-order valence-corrected chi connectivity index (χ3v) is 4.62. The Bertz CT molecular complexity index is 807. The molecule has 2 heterocycles. The first-order valence-electron chi connectivity index (χ1n) is 6.53. The lowest BCUT2D eigenvalue weighted by molar-refractivity contribution is 0.654. The maximum atomic E-state index is 6.38. The van der Waals surface area contributed by atoms with Gasteiger partial charge in [-0.15, -0.1) is 0 Å². The first kappa shape index (κ1) is 12.1. The van der Waals surface area contributed by atoms with Crippen molar-refractivity contribution in [1.29, 1.82) is 0 Å². The van der Waals surface area contributed by atoms with E-state index in [4.69, 9.17) is 17.3 Å². The molecule has 0 atom stereocenters. The Morgan fingerprint density at radius 1 is 1.20 bits per heavy atom. The third-order valence-electron chi connectivity index (χ3n) is 3.78. The summed E-state index contributed by atoms with van der Waals surface area (Å²) < 4.78 is 10.5. The molecule has 0 amide bonds. The molecule has 1 aliphatic carbocycles. The van der Waals surface area contributed by atoms with Crippen LogP contribution in [0.4, 0.5) is 5.82 Å². The molecule has 0 saturated carbocycles. The van der Waals surface area contributed by atoms with E-state index in [1.54, 1.807) is 0 Å². The number of fused-ring (bicyclic) bond motifs is 2. The summed E-state index contributed by atoms with van der Waals surface area (Å²) >= 11 is 7.57. The van der Waals surface area contributed by atoms with Crippen LogP contribution in [0.3, 0.4) is 0 Å². The van der Waals surface area contributed by atoms with E-state index in [0.717, 1.165) is 47.2 Å². The standard InChI is InChI=1S/C13H12ClN5S/c14-8-5-6-9-11(18-20-17-9)12(8)19-10-4-2-1-3-7(10)13(15)16-19/h5-6H,1-4H2,(H2,15,16). The molecule has 0 radical (unpaired) electrons. The minimum atomic E-state index is 0.607. The number of nitrogen functional groups attached to an aromatic ring is 1. The molecule has 1 aliphatic rings. The van der Waals surface area contributed by atoms with Crippen LogP contribution in [0.15, 0.2) is 12.1 Å². The summed E-state index contributed by atoms with van der Waals surface area (Å²) in [5.41, 5.74) is 10.8. The Labute approximate surface area is 124 Å². The fraction of sp³-hybridized carbons (Fsp3) is 0.308. The molecule has 2 aromatic heterocycles. The smallest absolute Gasteiger partial charge is 0.149 e. The Hall–Kier alpha value is -1.66.